The standard InChI is InChI=1S/C11H13FN2O/c12-10-5-9(8-14)6-11(7-10)15-4-2-1-3-13/h5-7H,1-2,4,8,14H2. The third-order valence-electron chi connectivity index (χ3n) is 1.87. The van der Waals surface area contributed by atoms with E-state index in [1.54, 1.807) is 6.07 Å². The van der Waals surface area contributed by atoms with Crippen LogP contribution in [-0.4, -0.2) is 6.61 Å². The Bertz CT molecular complexity index is 360. The smallest absolute Gasteiger partial charge is 0.127 e. The van der Waals surface area contributed by atoms with E-state index in [1.807, 2.05) is 6.07 Å². The first-order chi connectivity index (χ1) is 7.26. The summed E-state index contributed by atoms with van der Waals surface area (Å²) in [5.74, 6) is 0.113. The van der Waals surface area contributed by atoms with Crippen molar-refractivity contribution in [3.8, 4) is 11.8 Å². The van der Waals surface area contributed by atoms with Crippen LogP contribution in [0.4, 0.5) is 4.39 Å². The average Bonchev–Trinajstić information content (AvgIpc) is 2.23. The van der Waals surface area contributed by atoms with Gasteiger partial charge in [-0.2, -0.15) is 5.26 Å². The molecular weight excluding hydrogens is 195 g/mol. The number of benzene rings is 1. The van der Waals surface area contributed by atoms with Crippen molar-refractivity contribution in [3.05, 3.63) is 29.6 Å². The summed E-state index contributed by atoms with van der Waals surface area (Å²) in [4.78, 5) is 0. The van der Waals surface area contributed by atoms with Gasteiger partial charge in [0.2, 0.25) is 0 Å². The van der Waals surface area contributed by atoms with Gasteiger partial charge in [-0.1, -0.05) is 0 Å². The van der Waals surface area contributed by atoms with Crippen LogP contribution in [0.1, 0.15) is 18.4 Å². The molecule has 2 N–H and O–H groups in total. The first-order valence-corrected chi connectivity index (χ1v) is 4.75. The normalized spacial score (nSPS) is 9.67. The van der Waals surface area contributed by atoms with E-state index in [0.717, 1.165) is 0 Å². The van der Waals surface area contributed by atoms with Gasteiger partial charge in [-0.15, -0.1) is 0 Å². The van der Waals surface area contributed by atoms with Crippen LogP contribution in [0.15, 0.2) is 18.2 Å². The zero-order valence-corrected chi connectivity index (χ0v) is 8.37. The minimum absolute atomic E-state index is 0.284. The molecule has 15 heavy (non-hydrogen) atoms. The molecule has 1 rings (SSSR count). The number of ether oxygens (including phenoxy) is 1. The molecule has 0 saturated heterocycles. The second kappa shape index (κ2) is 5.99. The molecule has 0 heterocycles. The van der Waals surface area contributed by atoms with E-state index in [0.29, 0.717) is 30.8 Å². The highest BCUT2D eigenvalue weighted by atomic mass is 19.1. The minimum atomic E-state index is -0.353. The molecule has 4 heteroatoms. The third-order valence-corrected chi connectivity index (χ3v) is 1.87. The Morgan fingerprint density at radius 2 is 2.20 bits per heavy atom. The highest BCUT2D eigenvalue weighted by molar-refractivity contribution is 5.29. The topological polar surface area (TPSA) is 59.0 Å². The van der Waals surface area contributed by atoms with Crippen LogP contribution in [-0.2, 0) is 6.54 Å². The largest absolute Gasteiger partial charge is 0.493 e. The number of halogens is 1. The van der Waals surface area contributed by atoms with Crippen LogP contribution in [0.25, 0.3) is 0 Å². The lowest BCUT2D eigenvalue weighted by Crippen LogP contribution is -2.01. The second-order valence-electron chi connectivity index (χ2n) is 3.11. The molecule has 0 bridgehead atoms. The number of hydrogen-bond acceptors (Lipinski definition) is 3. The van der Waals surface area contributed by atoms with Gasteiger partial charge in [0.15, 0.2) is 0 Å². The molecule has 0 amide bonds. The van der Waals surface area contributed by atoms with E-state index in [1.165, 1.54) is 12.1 Å². The zero-order valence-electron chi connectivity index (χ0n) is 8.37. The fourth-order valence-corrected chi connectivity index (χ4v) is 1.16. The van der Waals surface area contributed by atoms with E-state index >= 15 is 0 Å². The molecule has 0 spiro atoms. The van der Waals surface area contributed by atoms with E-state index in [9.17, 15) is 4.39 Å². The average molecular weight is 208 g/mol. The fraction of sp³-hybridized carbons (Fsp3) is 0.364. The molecule has 0 unspecified atom stereocenters. The number of nitriles is 1. The summed E-state index contributed by atoms with van der Waals surface area (Å²) in [6.07, 6.45) is 1.09. The molecule has 0 aliphatic heterocycles. The van der Waals surface area contributed by atoms with Crippen LogP contribution in [0.2, 0.25) is 0 Å². The molecule has 0 aromatic heterocycles. The van der Waals surface area contributed by atoms with Gasteiger partial charge >= 0.3 is 0 Å². The van der Waals surface area contributed by atoms with Crippen LogP contribution in [0, 0.1) is 17.1 Å². The van der Waals surface area contributed by atoms with Crippen LogP contribution < -0.4 is 10.5 Å². The van der Waals surface area contributed by atoms with Gasteiger partial charge in [0.05, 0.1) is 12.7 Å². The third kappa shape index (κ3) is 3.96. The van der Waals surface area contributed by atoms with Crippen LogP contribution in [0.3, 0.4) is 0 Å². The summed E-state index contributed by atoms with van der Waals surface area (Å²) in [7, 11) is 0. The zero-order chi connectivity index (χ0) is 11.1. The predicted molar refractivity (Wildman–Crippen MR) is 54.6 cm³/mol. The Labute approximate surface area is 88.3 Å². The number of rotatable bonds is 5. The molecule has 0 fully saturated rings. The number of nitrogens with zero attached hydrogens (tertiary/aromatic N) is 1. The Morgan fingerprint density at radius 1 is 1.40 bits per heavy atom. The Balaban J connectivity index is 2.53. The summed E-state index contributed by atoms with van der Waals surface area (Å²) in [5.41, 5.74) is 6.10. The summed E-state index contributed by atoms with van der Waals surface area (Å²) < 4.78 is 18.3. The lowest BCUT2D eigenvalue weighted by atomic mass is 10.2. The van der Waals surface area contributed by atoms with Crippen molar-refractivity contribution >= 4 is 0 Å². The van der Waals surface area contributed by atoms with Gasteiger partial charge in [-0.05, 0) is 24.1 Å². The molecule has 0 aliphatic carbocycles. The molecule has 1 aromatic carbocycles. The van der Waals surface area contributed by atoms with Crippen molar-refractivity contribution in [2.24, 2.45) is 5.73 Å². The lowest BCUT2D eigenvalue weighted by Gasteiger charge is -2.06. The van der Waals surface area contributed by atoms with Crippen molar-refractivity contribution in [3.63, 3.8) is 0 Å². The van der Waals surface area contributed by atoms with Crippen molar-refractivity contribution < 1.29 is 9.13 Å². The van der Waals surface area contributed by atoms with Gasteiger partial charge < -0.3 is 10.5 Å². The summed E-state index contributed by atoms with van der Waals surface area (Å²) >= 11 is 0. The molecule has 0 aliphatic rings. The highest BCUT2D eigenvalue weighted by Gasteiger charge is 2.00. The van der Waals surface area contributed by atoms with E-state index in [4.69, 9.17) is 15.7 Å². The Kier molecular flexibility index (Phi) is 4.58. The Hall–Kier alpha value is -1.60. The molecule has 3 nitrogen and oxygen atoms in total. The van der Waals surface area contributed by atoms with Gasteiger partial charge in [0.25, 0.3) is 0 Å². The minimum Gasteiger partial charge on any atom is -0.493 e. The monoisotopic (exact) mass is 208 g/mol. The summed E-state index contributed by atoms with van der Waals surface area (Å²) in [6.45, 7) is 0.702. The quantitative estimate of drug-likeness (QED) is 0.752. The fourth-order valence-electron chi connectivity index (χ4n) is 1.16. The molecule has 0 radical (unpaired) electrons. The van der Waals surface area contributed by atoms with Crippen molar-refractivity contribution in [2.45, 2.75) is 19.4 Å². The highest BCUT2D eigenvalue weighted by Crippen LogP contribution is 2.16. The van der Waals surface area contributed by atoms with Crippen molar-refractivity contribution in [1.82, 2.24) is 0 Å². The number of nitrogens with two attached hydrogens (primary N) is 1. The van der Waals surface area contributed by atoms with Crippen molar-refractivity contribution in [1.29, 1.82) is 5.26 Å². The molecule has 1 aromatic rings. The second-order valence-corrected chi connectivity index (χ2v) is 3.11. The molecule has 0 atom stereocenters. The molecule has 80 valence electrons. The number of unbranched alkanes of at least 4 members (excludes halogenated alkanes) is 1. The van der Waals surface area contributed by atoms with Gasteiger partial charge in [-0.3, -0.25) is 0 Å². The SMILES string of the molecule is N#CCCCOc1cc(F)cc(CN)c1. The summed E-state index contributed by atoms with van der Waals surface area (Å²) in [5, 5.41) is 8.31. The Morgan fingerprint density at radius 3 is 2.87 bits per heavy atom. The molecular formula is C11H13FN2O. The van der Waals surface area contributed by atoms with Crippen LogP contribution >= 0.6 is 0 Å². The van der Waals surface area contributed by atoms with E-state index in [2.05, 4.69) is 0 Å². The van der Waals surface area contributed by atoms with Gasteiger partial charge in [0.1, 0.15) is 11.6 Å². The van der Waals surface area contributed by atoms with E-state index in [-0.39, 0.29) is 12.4 Å². The number of hydrogen-bond donors (Lipinski definition) is 1. The lowest BCUT2D eigenvalue weighted by molar-refractivity contribution is 0.311. The maximum absolute atomic E-state index is 13.0. The van der Waals surface area contributed by atoms with Gasteiger partial charge in [0, 0.05) is 19.0 Å². The maximum atomic E-state index is 13.0. The first-order valence-electron chi connectivity index (χ1n) is 4.75. The summed E-state index contributed by atoms with van der Waals surface area (Å²) in [6, 6.07) is 6.41. The molecule has 0 saturated carbocycles. The predicted octanol–water partition coefficient (Wildman–Crippen LogP) is 1.97. The maximum Gasteiger partial charge on any atom is 0.127 e. The van der Waals surface area contributed by atoms with Crippen LogP contribution in [0.5, 0.6) is 5.75 Å². The van der Waals surface area contributed by atoms with Crippen molar-refractivity contribution in [2.75, 3.05) is 6.61 Å². The van der Waals surface area contributed by atoms with Gasteiger partial charge in [-0.25, -0.2) is 4.39 Å². The first kappa shape index (κ1) is 11.5. The van der Waals surface area contributed by atoms with E-state index < -0.39 is 0 Å².